The Hall–Kier alpha value is -0.610. The first-order valence-corrected chi connectivity index (χ1v) is 5.81. The molecule has 1 aliphatic rings. The molecule has 88 valence electrons. The highest BCUT2D eigenvalue weighted by Gasteiger charge is 2.19. The molecule has 1 amide bonds. The van der Waals surface area contributed by atoms with Crippen LogP contribution in [0.4, 0.5) is 0 Å². The van der Waals surface area contributed by atoms with Gasteiger partial charge in [0.05, 0.1) is 12.6 Å². The van der Waals surface area contributed by atoms with E-state index < -0.39 is 0 Å². The van der Waals surface area contributed by atoms with Gasteiger partial charge < -0.3 is 10.4 Å². The molecule has 4 nitrogen and oxygen atoms in total. The van der Waals surface area contributed by atoms with E-state index in [0.717, 1.165) is 25.8 Å². The van der Waals surface area contributed by atoms with Gasteiger partial charge in [-0.15, -0.1) is 0 Å². The van der Waals surface area contributed by atoms with Crippen LogP contribution >= 0.6 is 0 Å². The molecule has 15 heavy (non-hydrogen) atoms. The second kappa shape index (κ2) is 6.08. The van der Waals surface area contributed by atoms with Crippen LogP contribution in [0.25, 0.3) is 0 Å². The predicted molar refractivity (Wildman–Crippen MR) is 59.6 cm³/mol. The summed E-state index contributed by atoms with van der Waals surface area (Å²) in [5.74, 6) is 0.0680. The Labute approximate surface area is 91.6 Å². The van der Waals surface area contributed by atoms with Gasteiger partial charge in [0.25, 0.3) is 0 Å². The van der Waals surface area contributed by atoms with Crippen molar-refractivity contribution < 1.29 is 9.90 Å². The van der Waals surface area contributed by atoms with Crippen molar-refractivity contribution in [2.24, 2.45) is 0 Å². The molecule has 1 saturated heterocycles. The van der Waals surface area contributed by atoms with Crippen LogP contribution in [0.5, 0.6) is 0 Å². The number of aliphatic hydroxyl groups is 1. The summed E-state index contributed by atoms with van der Waals surface area (Å²) in [7, 11) is 0. The molecule has 1 fully saturated rings. The van der Waals surface area contributed by atoms with Gasteiger partial charge in [-0.3, -0.25) is 9.69 Å². The molecule has 1 rings (SSSR count). The maximum atomic E-state index is 11.6. The predicted octanol–water partition coefficient (Wildman–Crippen LogP) is 0.358. The van der Waals surface area contributed by atoms with Gasteiger partial charge in [-0.05, 0) is 32.7 Å². The van der Waals surface area contributed by atoms with E-state index in [1.54, 1.807) is 0 Å². The van der Waals surface area contributed by atoms with Crippen LogP contribution in [-0.4, -0.2) is 47.7 Å². The van der Waals surface area contributed by atoms with Gasteiger partial charge in [0.1, 0.15) is 0 Å². The highest BCUT2D eigenvalue weighted by molar-refractivity contribution is 5.78. The van der Waals surface area contributed by atoms with Crippen LogP contribution in [0.1, 0.15) is 33.1 Å². The topological polar surface area (TPSA) is 52.6 Å². The summed E-state index contributed by atoms with van der Waals surface area (Å²) in [6.45, 7) is 6.03. The average molecular weight is 214 g/mol. The van der Waals surface area contributed by atoms with Gasteiger partial charge >= 0.3 is 0 Å². The van der Waals surface area contributed by atoms with E-state index in [0.29, 0.717) is 13.1 Å². The van der Waals surface area contributed by atoms with Crippen LogP contribution in [-0.2, 0) is 4.79 Å². The third kappa shape index (κ3) is 4.62. The Bertz CT molecular complexity index is 209. The van der Waals surface area contributed by atoms with Crippen molar-refractivity contribution in [1.82, 2.24) is 10.2 Å². The fraction of sp³-hybridized carbons (Fsp3) is 0.909. The minimum Gasteiger partial charge on any atom is -0.392 e. The Morgan fingerprint density at radius 1 is 1.67 bits per heavy atom. The SMILES string of the molecule is CCC(C)NC(=O)CN1CCCC(O)C1. The molecule has 0 bridgehead atoms. The normalized spacial score (nSPS) is 24.9. The highest BCUT2D eigenvalue weighted by Crippen LogP contribution is 2.08. The standard InChI is InChI=1S/C11H22N2O2/c1-3-9(2)12-11(15)8-13-6-4-5-10(14)7-13/h9-10,14H,3-8H2,1-2H3,(H,12,15). The van der Waals surface area contributed by atoms with E-state index in [1.807, 2.05) is 11.8 Å². The van der Waals surface area contributed by atoms with Crippen LogP contribution < -0.4 is 5.32 Å². The fourth-order valence-corrected chi connectivity index (χ4v) is 1.80. The number of likely N-dealkylation sites (tertiary alicyclic amines) is 1. The first-order chi connectivity index (χ1) is 7.11. The van der Waals surface area contributed by atoms with E-state index in [2.05, 4.69) is 12.2 Å². The van der Waals surface area contributed by atoms with Crippen molar-refractivity contribution in [3.05, 3.63) is 0 Å². The van der Waals surface area contributed by atoms with Crippen LogP contribution in [0.15, 0.2) is 0 Å². The summed E-state index contributed by atoms with van der Waals surface area (Å²) in [6.07, 6.45) is 2.55. The van der Waals surface area contributed by atoms with E-state index >= 15 is 0 Å². The monoisotopic (exact) mass is 214 g/mol. The lowest BCUT2D eigenvalue weighted by molar-refractivity contribution is -0.123. The Balaban J connectivity index is 2.24. The maximum Gasteiger partial charge on any atom is 0.234 e. The summed E-state index contributed by atoms with van der Waals surface area (Å²) in [5, 5.41) is 12.4. The van der Waals surface area contributed by atoms with E-state index in [1.165, 1.54) is 0 Å². The third-order valence-electron chi connectivity index (χ3n) is 2.87. The first kappa shape index (κ1) is 12.5. The number of nitrogens with zero attached hydrogens (tertiary/aromatic N) is 1. The second-order valence-electron chi connectivity index (χ2n) is 4.41. The average Bonchev–Trinajstić information content (AvgIpc) is 2.17. The molecule has 0 radical (unpaired) electrons. The van der Waals surface area contributed by atoms with E-state index in [9.17, 15) is 9.90 Å². The van der Waals surface area contributed by atoms with Crippen molar-refractivity contribution in [3.63, 3.8) is 0 Å². The fourth-order valence-electron chi connectivity index (χ4n) is 1.80. The Kier molecular flexibility index (Phi) is 5.05. The number of carbonyl (C=O) groups excluding carboxylic acids is 1. The van der Waals surface area contributed by atoms with Crippen LogP contribution in [0.3, 0.4) is 0 Å². The molecule has 0 saturated carbocycles. The second-order valence-corrected chi connectivity index (χ2v) is 4.41. The molecule has 2 atom stereocenters. The summed E-state index contributed by atoms with van der Waals surface area (Å²) < 4.78 is 0. The quantitative estimate of drug-likeness (QED) is 0.710. The van der Waals surface area contributed by atoms with Crippen molar-refractivity contribution >= 4 is 5.91 Å². The minimum atomic E-state index is -0.254. The number of hydrogen-bond donors (Lipinski definition) is 2. The molecule has 0 spiro atoms. The molecule has 0 aromatic heterocycles. The number of amides is 1. The Morgan fingerprint density at radius 3 is 3.00 bits per heavy atom. The van der Waals surface area contributed by atoms with Gasteiger partial charge in [-0.25, -0.2) is 0 Å². The smallest absolute Gasteiger partial charge is 0.234 e. The number of hydrogen-bond acceptors (Lipinski definition) is 3. The molecule has 0 aliphatic carbocycles. The van der Waals surface area contributed by atoms with Gasteiger partial charge in [0.2, 0.25) is 5.91 Å². The van der Waals surface area contributed by atoms with Gasteiger partial charge in [0, 0.05) is 12.6 Å². The summed E-state index contributed by atoms with van der Waals surface area (Å²) in [6, 6.07) is 0.243. The molecule has 0 aromatic carbocycles. The van der Waals surface area contributed by atoms with Gasteiger partial charge in [-0.1, -0.05) is 6.92 Å². The lowest BCUT2D eigenvalue weighted by Gasteiger charge is -2.29. The van der Waals surface area contributed by atoms with Crippen LogP contribution in [0, 0.1) is 0 Å². The van der Waals surface area contributed by atoms with Gasteiger partial charge in [0.15, 0.2) is 0 Å². The first-order valence-electron chi connectivity index (χ1n) is 5.81. The number of β-amino-alcohol motifs (C(OH)–C–C–N with tert-alkyl or cyclic N) is 1. The van der Waals surface area contributed by atoms with E-state index in [4.69, 9.17) is 0 Å². The number of rotatable bonds is 4. The number of aliphatic hydroxyl groups excluding tert-OH is 1. The summed E-state index contributed by atoms with van der Waals surface area (Å²) in [5.41, 5.74) is 0. The van der Waals surface area contributed by atoms with Crippen molar-refractivity contribution in [3.8, 4) is 0 Å². The minimum absolute atomic E-state index is 0.0680. The maximum absolute atomic E-state index is 11.6. The van der Waals surface area contributed by atoms with Gasteiger partial charge in [-0.2, -0.15) is 0 Å². The molecule has 0 aromatic rings. The molecule has 4 heteroatoms. The molecule has 2 N–H and O–H groups in total. The largest absolute Gasteiger partial charge is 0.392 e. The number of carbonyl (C=O) groups is 1. The molecule has 1 heterocycles. The van der Waals surface area contributed by atoms with E-state index in [-0.39, 0.29) is 18.1 Å². The lowest BCUT2D eigenvalue weighted by Crippen LogP contribution is -2.45. The number of nitrogens with one attached hydrogen (secondary N) is 1. The summed E-state index contributed by atoms with van der Waals surface area (Å²) >= 11 is 0. The molecular formula is C11H22N2O2. The lowest BCUT2D eigenvalue weighted by atomic mass is 10.1. The molecule has 1 aliphatic heterocycles. The number of piperidine rings is 1. The molecule has 2 unspecified atom stereocenters. The third-order valence-corrected chi connectivity index (χ3v) is 2.87. The zero-order valence-corrected chi connectivity index (χ0v) is 9.70. The zero-order chi connectivity index (χ0) is 11.3. The van der Waals surface area contributed by atoms with Crippen molar-refractivity contribution in [1.29, 1.82) is 0 Å². The molecular weight excluding hydrogens is 192 g/mol. The Morgan fingerprint density at radius 2 is 2.40 bits per heavy atom. The van der Waals surface area contributed by atoms with Crippen LogP contribution in [0.2, 0.25) is 0 Å². The highest BCUT2D eigenvalue weighted by atomic mass is 16.3. The summed E-state index contributed by atoms with van der Waals surface area (Å²) in [4.78, 5) is 13.6. The zero-order valence-electron chi connectivity index (χ0n) is 9.70. The van der Waals surface area contributed by atoms with Crippen molar-refractivity contribution in [2.75, 3.05) is 19.6 Å². The van der Waals surface area contributed by atoms with Crippen molar-refractivity contribution in [2.45, 2.75) is 45.3 Å².